The SMILES string of the molecule is CC(C)(C)c1ccc(N(c2ccc(-c3cccc4ccccc34)cc2)c2cc3c(c4oc5ccccc5c24)-c2c(cc(N(c4ccc(-c5cccc6ccccc56)cc4)c4ccc5cc(C(C)(C)C)ccc5c4)c4c2oc2ccccc24)C3(c2ccccc2)c2ccccc2)cc1. The first-order chi connectivity index (χ1) is 47.4. The van der Waals surface area contributed by atoms with E-state index >= 15 is 0 Å². The van der Waals surface area contributed by atoms with Crippen molar-refractivity contribution in [1.29, 1.82) is 0 Å². The van der Waals surface area contributed by atoms with Crippen LogP contribution >= 0.6 is 0 Å². The predicted molar refractivity (Wildman–Crippen MR) is 408 cm³/mol. The van der Waals surface area contributed by atoms with Gasteiger partial charge in [-0.15, -0.1) is 0 Å². The average molecular weight is 1250 g/mol. The van der Waals surface area contributed by atoms with E-state index in [4.69, 9.17) is 8.83 Å². The molecule has 18 rings (SSSR count). The molecule has 1 aliphatic rings. The number of hydrogen-bond acceptors (Lipinski definition) is 4. The zero-order valence-corrected chi connectivity index (χ0v) is 55.2. The van der Waals surface area contributed by atoms with Crippen molar-refractivity contribution >= 4 is 110 Å². The highest BCUT2D eigenvalue weighted by atomic mass is 16.3. The highest BCUT2D eigenvalue weighted by molar-refractivity contribution is 6.25. The minimum Gasteiger partial charge on any atom is -0.455 e. The Kier molecular flexibility index (Phi) is 13.3. The first kappa shape index (κ1) is 57.9. The lowest BCUT2D eigenvalue weighted by molar-refractivity contribution is 0.590. The maximum Gasteiger partial charge on any atom is 0.145 e. The van der Waals surface area contributed by atoms with Gasteiger partial charge in [-0.05, 0) is 172 Å². The number of anilines is 6. The quantitative estimate of drug-likeness (QED) is 0.137. The second kappa shape index (κ2) is 22.2. The van der Waals surface area contributed by atoms with E-state index in [0.29, 0.717) is 0 Å². The Hall–Kier alpha value is -11.7. The summed E-state index contributed by atoms with van der Waals surface area (Å²) in [6.45, 7) is 13.7. The molecule has 0 saturated carbocycles. The second-order valence-electron chi connectivity index (χ2n) is 28.3. The van der Waals surface area contributed by atoms with E-state index in [1.807, 2.05) is 0 Å². The fraction of sp³-hybridized carbons (Fsp3) is 0.0968. The van der Waals surface area contributed by atoms with E-state index in [9.17, 15) is 0 Å². The van der Waals surface area contributed by atoms with E-state index in [1.54, 1.807) is 0 Å². The lowest BCUT2D eigenvalue weighted by Gasteiger charge is -2.36. The van der Waals surface area contributed by atoms with Crippen molar-refractivity contribution in [2.75, 3.05) is 9.80 Å². The van der Waals surface area contributed by atoms with Crippen LogP contribution in [0.3, 0.4) is 0 Å². The fourth-order valence-electron chi connectivity index (χ4n) is 15.8. The summed E-state index contributed by atoms with van der Waals surface area (Å²) in [5.41, 5.74) is 22.0. The maximum absolute atomic E-state index is 7.69. The van der Waals surface area contributed by atoms with Gasteiger partial charge >= 0.3 is 0 Å². The molecule has 0 spiro atoms. The molecule has 17 aromatic rings. The number of benzene rings is 15. The third kappa shape index (κ3) is 9.26. The highest BCUT2D eigenvalue weighted by Gasteiger charge is 2.51. The van der Waals surface area contributed by atoms with Gasteiger partial charge in [0.2, 0.25) is 0 Å². The van der Waals surface area contributed by atoms with Gasteiger partial charge in [0, 0.05) is 44.6 Å². The van der Waals surface area contributed by atoms with Crippen LogP contribution in [0.2, 0.25) is 0 Å². The molecular weight excluding hydrogens is 1180 g/mol. The maximum atomic E-state index is 7.69. The van der Waals surface area contributed by atoms with Crippen molar-refractivity contribution in [3.05, 3.63) is 349 Å². The Balaban J connectivity index is 0.958. The van der Waals surface area contributed by atoms with E-state index in [-0.39, 0.29) is 10.8 Å². The number of fused-ring (bicyclic) bond motifs is 14. The van der Waals surface area contributed by atoms with Crippen LogP contribution in [0.15, 0.2) is 324 Å². The van der Waals surface area contributed by atoms with Crippen LogP contribution in [0.4, 0.5) is 34.1 Å². The molecule has 4 heteroatoms. The van der Waals surface area contributed by atoms with Crippen LogP contribution < -0.4 is 9.80 Å². The molecule has 2 heterocycles. The zero-order valence-electron chi connectivity index (χ0n) is 55.2. The molecule has 0 aliphatic heterocycles. The predicted octanol–water partition coefficient (Wildman–Crippen LogP) is 26.2. The molecule has 0 atom stereocenters. The van der Waals surface area contributed by atoms with Crippen LogP contribution in [0, 0.1) is 0 Å². The molecule has 97 heavy (non-hydrogen) atoms. The summed E-state index contributed by atoms with van der Waals surface area (Å²) in [6.07, 6.45) is 0. The Morgan fingerprint density at radius 3 is 1.13 bits per heavy atom. The van der Waals surface area contributed by atoms with Gasteiger partial charge in [0.25, 0.3) is 0 Å². The minimum atomic E-state index is -0.965. The van der Waals surface area contributed by atoms with Gasteiger partial charge in [-0.25, -0.2) is 0 Å². The lowest BCUT2D eigenvalue weighted by Crippen LogP contribution is -2.29. The molecule has 0 bridgehead atoms. The summed E-state index contributed by atoms with van der Waals surface area (Å²) in [7, 11) is 0. The van der Waals surface area contributed by atoms with Gasteiger partial charge in [0.15, 0.2) is 0 Å². The Morgan fingerprint density at radius 1 is 0.289 bits per heavy atom. The van der Waals surface area contributed by atoms with Crippen molar-refractivity contribution in [2.24, 2.45) is 0 Å². The molecule has 0 amide bonds. The number of hydrogen-bond donors (Lipinski definition) is 0. The first-order valence-electron chi connectivity index (χ1n) is 33.9. The Bertz CT molecular complexity index is 5900. The van der Waals surface area contributed by atoms with Crippen molar-refractivity contribution in [3.8, 4) is 33.4 Å². The third-order valence-electron chi connectivity index (χ3n) is 20.6. The van der Waals surface area contributed by atoms with Crippen LogP contribution in [-0.4, -0.2) is 0 Å². The van der Waals surface area contributed by atoms with E-state index in [1.165, 1.54) is 49.2 Å². The van der Waals surface area contributed by atoms with Crippen LogP contribution in [-0.2, 0) is 16.2 Å². The van der Waals surface area contributed by atoms with Crippen LogP contribution in [0.5, 0.6) is 0 Å². The molecule has 2 aromatic heterocycles. The normalized spacial score (nSPS) is 12.9. The molecule has 15 aromatic carbocycles. The first-order valence-corrected chi connectivity index (χ1v) is 33.9. The number of rotatable bonds is 10. The fourth-order valence-corrected chi connectivity index (χ4v) is 15.8. The summed E-state index contributed by atoms with van der Waals surface area (Å²) in [4.78, 5) is 4.97. The van der Waals surface area contributed by atoms with Crippen LogP contribution in [0.25, 0.3) is 110 Å². The number of furan rings is 2. The van der Waals surface area contributed by atoms with Crippen molar-refractivity contribution in [1.82, 2.24) is 0 Å². The van der Waals surface area contributed by atoms with Gasteiger partial charge in [-0.3, -0.25) is 0 Å². The molecule has 0 fully saturated rings. The second-order valence-corrected chi connectivity index (χ2v) is 28.3. The van der Waals surface area contributed by atoms with Gasteiger partial charge in [0.1, 0.15) is 22.3 Å². The molecule has 464 valence electrons. The van der Waals surface area contributed by atoms with Gasteiger partial charge in [0.05, 0.1) is 27.6 Å². The topological polar surface area (TPSA) is 32.8 Å². The van der Waals surface area contributed by atoms with Gasteiger partial charge < -0.3 is 18.6 Å². The van der Waals surface area contributed by atoms with E-state index in [2.05, 4.69) is 367 Å². The molecule has 0 saturated heterocycles. The highest BCUT2D eigenvalue weighted by Crippen LogP contribution is 2.64. The van der Waals surface area contributed by atoms with E-state index in [0.717, 1.165) is 128 Å². The largest absolute Gasteiger partial charge is 0.455 e. The minimum absolute atomic E-state index is 0.0143. The van der Waals surface area contributed by atoms with Crippen molar-refractivity contribution < 1.29 is 8.83 Å². The number of nitrogens with zero attached hydrogens (tertiary/aromatic N) is 2. The molecule has 0 unspecified atom stereocenters. The summed E-state index contributed by atoms with van der Waals surface area (Å²) in [6, 6.07) is 117. The number of para-hydroxylation sites is 2. The van der Waals surface area contributed by atoms with Crippen molar-refractivity contribution in [2.45, 2.75) is 57.8 Å². The van der Waals surface area contributed by atoms with Gasteiger partial charge in [-0.2, -0.15) is 0 Å². The van der Waals surface area contributed by atoms with Crippen LogP contribution in [0.1, 0.15) is 74.9 Å². The lowest BCUT2D eigenvalue weighted by atomic mass is 9.67. The molecule has 0 radical (unpaired) electrons. The summed E-state index contributed by atoms with van der Waals surface area (Å²) >= 11 is 0. The zero-order chi connectivity index (χ0) is 65.3. The third-order valence-corrected chi connectivity index (χ3v) is 20.6. The Morgan fingerprint density at radius 2 is 0.660 bits per heavy atom. The molecular formula is C93H70N2O2. The average Bonchev–Trinajstić information content (AvgIpc) is 1.51. The molecule has 0 N–H and O–H groups in total. The van der Waals surface area contributed by atoms with Gasteiger partial charge in [-0.1, -0.05) is 284 Å². The summed E-state index contributed by atoms with van der Waals surface area (Å²) < 4.78 is 15.4. The summed E-state index contributed by atoms with van der Waals surface area (Å²) in [5, 5.41) is 11.3. The summed E-state index contributed by atoms with van der Waals surface area (Å²) in [5.74, 6) is 0. The van der Waals surface area contributed by atoms with Crippen molar-refractivity contribution in [3.63, 3.8) is 0 Å². The smallest absolute Gasteiger partial charge is 0.145 e. The standard InChI is InChI=1S/C93H70N2O2/c1-91(2,3)65-46-53-71(54-47-65)94(69-48-40-61(41-49-69)75-35-21-25-59-23-13-15-31-73(59)75)81-57-79-87(89-85(81)77-33-17-19-37-83(77)96-89)88-80(93(79,66-27-9-7-10-28-66)67-29-11-8-12-30-67)58-82(86-78-34-18-20-38-84(78)97-90(86)88)95(72-52-44-63-55-68(92(4,5)6)45-39-64(63)56-72)70-50-42-62(43-51-70)76-36-22-26-60-24-14-16-32-74(60)76/h7-58H,1-6H3. The molecule has 4 nitrogen and oxygen atoms in total. The van der Waals surface area contributed by atoms with E-state index < -0.39 is 5.41 Å². The Labute approximate surface area is 565 Å². The molecule has 1 aliphatic carbocycles. The monoisotopic (exact) mass is 1250 g/mol.